The molecule has 2 unspecified atom stereocenters. The third-order valence-electron chi connectivity index (χ3n) is 4.33. The Morgan fingerprint density at radius 2 is 2.03 bits per heavy atom. The van der Waals surface area contributed by atoms with Crippen molar-refractivity contribution in [3.8, 4) is 0 Å². The molecule has 0 radical (unpaired) electrons. The minimum atomic E-state index is -0.663. The molecule has 0 spiro atoms. The van der Waals surface area contributed by atoms with Crippen molar-refractivity contribution in [2.24, 2.45) is 4.99 Å². The fourth-order valence-corrected chi connectivity index (χ4v) is 3.58. The van der Waals surface area contributed by atoms with Crippen LogP contribution in [0.15, 0.2) is 41.4 Å². The number of aliphatic hydroxyl groups excluding tert-OH is 1. The summed E-state index contributed by atoms with van der Waals surface area (Å²) in [6.07, 6.45) is 0.223. The van der Waals surface area contributed by atoms with Gasteiger partial charge in [-0.05, 0) is 50.1 Å². The van der Waals surface area contributed by atoms with Gasteiger partial charge >= 0.3 is 0 Å². The summed E-state index contributed by atoms with van der Waals surface area (Å²) in [6.45, 7) is 7.44. The highest BCUT2D eigenvalue weighted by molar-refractivity contribution is 7.16. The SMILES string of the molecule is CCNC(=NCc1cccc(C(=O)NC(C)CC)c1)NCC(O)c1ccc(Cl)s1. The van der Waals surface area contributed by atoms with Crippen LogP contribution in [0.5, 0.6) is 0 Å². The zero-order chi connectivity index (χ0) is 21.2. The summed E-state index contributed by atoms with van der Waals surface area (Å²) in [5.74, 6) is 0.525. The Bertz CT molecular complexity index is 825. The molecule has 158 valence electrons. The molecule has 1 aromatic heterocycles. The number of carbonyl (C=O) groups excluding carboxylic acids is 1. The summed E-state index contributed by atoms with van der Waals surface area (Å²) in [6, 6.07) is 11.2. The van der Waals surface area contributed by atoms with E-state index in [1.807, 2.05) is 45.0 Å². The predicted molar refractivity (Wildman–Crippen MR) is 121 cm³/mol. The van der Waals surface area contributed by atoms with Crippen LogP contribution in [0.2, 0.25) is 4.34 Å². The number of halogens is 1. The number of rotatable bonds is 9. The Morgan fingerprint density at radius 3 is 2.69 bits per heavy atom. The minimum absolute atomic E-state index is 0.0760. The fourth-order valence-electron chi connectivity index (χ4n) is 2.53. The Hall–Kier alpha value is -2.09. The van der Waals surface area contributed by atoms with E-state index < -0.39 is 6.10 Å². The van der Waals surface area contributed by atoms with Crippen LogP contribution in [0.4, 0.5) is 0 Å². The van der Waals surface area contributed by atoms with Crippen molar-refractivity contribution in [3.05, 3.63) is 56.7 Å². The summed E-state index contributed by atoms with van der Waals surface area (Å²) in [5.41, 5.74) is 1.56. The molecular weight excluding hydrogens is 408 g/mol. The summed E-state index contributed by atoms with van der Waals surface area (Å²) in [5, 5.41) is 19.6. The van der Waals surface area contributed by atoms with Gasteiger partial charge < -0.3 is 21.1 Å². The van der Waals surface area contributed by atoms with Gasteiger partial charge in [-0.15, -0.1) is 11.3 Å². The number of hydrogen-bond donors (Lipinski definition) is 4. The maximum atomic E-state index is 12.3. The summed E-state index contributed by atoms with van der Waals surface area (Å²) >= 11 is 7.29. The molecule has 1 amide bonds. The Morgan fingerprint density at radius 1 is 1.24 bits per heavy atom. The van der Waals surface area contributed by atoms with Crippen LogP contribution in [-0.4, -0.2) is 36.1 Å². The lowest BCUT2D eigenvalue weighted by Crippen LogP contribution is -2.39. The molecule has 0 bridgehead atoms. The minimum Gasteiger partial charge on any atom is -0.386 e. The molecule has 4 N–H and O–H groups in total. The highest BCUT2D eigenvalue weighted by Crippen LogP contribution is 2.26. The van der Waals surface area contributed by atoms with Crippen LogP contribution in [0.25, 0.3) is 0 Å². The van der Waals surface area contributed by atoms with Gasteiger partial charge in [0, 0.05) is 29.6 Å². The number of benzene rings is 1. The molecule has 1 heterocycles. The standard InChI is InChI=1S/C21H29ClN4O2S/c1-4-14(3)26-20(28)16-8-6-7-15(11-16)12-24-21(23-5-2)25-13-17(27)18-9-10-19(22)29-18/h6-11,14,17,27H,4-5,12-13H2,1-3H3,(H,26,28)(H2,23,24,25). The molecule has 0 aliphatic rings. The molecular formula is C21H29ClN4O2S. The Kier molecular flexibility index (Phi) is 9.44. The number of hydrogen-bond acceptors (Lipinski definition) is 4. The van der Waals surface area contributed by atoms with Crippen LogP contribution in [-0.2, 0) is 6.54 Å². The maximum Gasteiger partial charge on any atom is 0.251 e. The van der Waals surface area contributed by atoms with Crippen molar-refractivity contribution >= 4 is 34.8 Å². The van der Waals surface area contributed by atoms with Gasteiger partial charge in [-0.1, -0.05) is 30.7 Å². The highest BCUT2D eigenvalue weighted by Gasteiger charge is 2.11. The normalized spacial score (nSPS) is 13.6. The fraction of sp³-hybridized carbons (Fsp3) is 0.429. The molecule has 0 saturated heterocycles. The van der Waals surface area contributed by atoms with Crippen molar-refractivity contribution in [2.75, 3.05) is 13.1 Å². The van der Waals surface area contributed by atoms with Crippen LogP contribution in [0.3, 0.4) is 0 Å². The summed E-state index contributed by atoms with van der Waals surface area (Å²) in [7, 11) is 0. The largest absolute Gasteiger partial charge is 0.386 e. The zero-order valence-electron chi connectivity index (χ0n) is 17.0. The van der Waals surface area contributed by atoms with Gasteiger partial charge in [-0.25, -0.2) is 4.99 Å². The van der Waals surface area contributed by atoms with Crippen molar-refractivity contribution < 1.29 is 9.90 Å². The van der Waals surface area contributed by atoms with E-state index in [9.17, 15) is 9.90 Å². The van der Waals surface area contributed by atoms with Crippen LogP contribution in [0.1, 0.15) is 54.1 Å². The third-order valence-corrected chi connectivity index (χ3v) is 5.66. The molecule has 2 aromatic rings. The molecule has 0 aliphatic heterocycles. The highest BCUT2D eigenvalue weighted by atomic mass is 35.5. The van der Waals surface area contributed by atoms with Gasteiger partial charge in [0.25, 0.3) is 5.91 Å². The molecule has 2 rings (SSSR count). The lowest BCUT2D eigenvalue weighted by Gasteiger charge is -2.14. The first kappa shape index (κ1) is 23.2. The lowest BCUT2D eigenvalue weighted by atomic mass is 10.1. The smallest absolute Gasteiger partial charge is 0.251 e. The van der Waals surface area contributed by atoms with E-state index in [1.165, 1.54) is 11.3 Å². The number of guanidine groups is 1. The monoisotopic (exact) mass is 436 g/mol. The number of thiophene rings is 1. The maximum absolute atomic E-state index is 12.3. The van der Waals surface area contributed by atoms with Gasteiger partial charge in [-0.2, -0.15) is 0 Å². The van der Waals surface area contributed by atoms with Crippen molar-refractivity contribution in [3.63, 3.8) is 0 Å². The first-order chi connectivity index (χ1) is 13.9. The zero-order valence-corrected chi connectivity index (χ0v) is 18.6. The van der Waals surface area contributed by atoms with Gasteiger partial charge in [0.05, 0.1) is 10.9 Å². The van der Waals surface area contributed by atoms with E-state index in [0.717, 1.165) is 16.9 Å². The number of carbonyl (C=O) groups is 1. The van der Waals surface area contributed by atoms with Crippen LogP contribution < -0.4 is 16.0 Å². The second-order valence-corrected chi connectivity index (χ2v) is 8.46. The molecule has 0 fully saturated rings. The van der Waals surface area contributed by atoms with Crippen LogP contribution >= 0.6 is 22.9 Å². The summed E-state index contributed by atoms with van der Waals surface area (Å²) < 4.78 is 0.650. The Labute approximate surface area is 181 Å². The second kappa shape index (κ2) is 11.8. The number of amides is 1. The van der Waals surface area contributed by atoms with E-state index in [1.54, 1.807) is 12.1 Å². The van der Waals surface area contributed by atoms with Crippen LogP contribution in [0, 0.1) is 0 Å². The number of aliphatic hydroxyl groups is 1. The molecule has 29 heavy (non-hydrogen) atoms. The Balaban J connectivity index is 1.98. The van der Waals surface area contributed by atoms with E-state index in [0.29, 0.717) is 35.5 Å². The number of nitrogens with zero attached hydrogens (tertiary/aromatic N) is 1. The average Bonchev–Trinajstić information content (AvgIpc) is 3.16. The molecule has 2 atom stereocenters. The second-order valence-electron chi connectivity index (χ2n) is 6.72. The first-order valence-corrected chi connectivity index (χ1v) is 11.0. The van der Waals surface area contributed by atoms with E-state index in [2.05, 4.69) is 20.9 Å². The van der Waals surface area contributed by atoms with Gasteiger partial charge in [0.15, 0.2) is 5.96 Å². The average molecular weight is 437 g/mol. The molecule has 8 heteroatoms. The van der Waals surface area contributed by atoms with E-state index in [4.69, 9.17) is 11.6 Å². The topological polar surface area (TPSA) is 85.8 Å². The first-order valence-electron chi connectivity index (χ1n) is 9.78. The van der Waals surface area contributed by atoms with E-state index in [-0.39, 0.29) is 11.9 Å². The molecule has 0 saturated carbocycles. The van der Waals surface area contributed by atoms with E-state index >= 15 is 0 Å². The predicted octanol–water partition coefficient (Wildman–Crippen LogP) is 3.72. The number of aliphatic imine (C=N–C) groups is 1. The van der Waals surface area contributed by atoms with Crippen molar-refractivity contribution in [2.45, 2.75) is 45.9 Å². The molecule has 6 nitrogen and oxygen atoms in total. The van der Waals surface area contributed by atoms with Gasteiger partial charge in [-0.3, -0.25) is 4.79 Å². The van der Waals surface area contributed by atoms with Gasteiger partial charge in [0.1, 0.15) is 6.10 Å². The quantitative estimate of drug-likeness (QED) is 0.356. The van der Waals surface area contributed by atoms with Gasteiger partial charge in [0.2, 0.25) is 0 Å². The summed E-state index contributed by atoms with van der Waals surface area (Å²) in [4.78, 5) is 17.7. The molecule has 1 aromatic carbocycles. The molecule has 0 aliphatic carbocycles. The lowest BCUT2D eigenvalue weighted by molar-refractivity contribution is 0.0939. The third kappa shape index (κ3) is 7.68. The van der Waals surface area contributed by atoms with Crippen molar-refractivity contribution in [1.82, 2.24) is 16.0 Å². The number of nitrogens with one attached hydrogen (secondary N) is 3. The van der Waals surface area contributed by atoms with Crippen molar-refractivity contribution in [1.29, 1.82) is 0 Å².